The number of carboxylic acids is 2. The maximum Gasteiger partial charge on any atom is 0.336 e. The third kappa shape index (κ3) is 5.39. The molecule has 2 aromatic rings. The molecule has 0 aliphatic heterocycles. The fourth-order valence-electron chi connectivity index (χ4n) is 3.04. The van der Waals surface area contributed by atoms with E-state index in [0.29, 0.717) is 18.4 Å². The smallest absolute Gasteiger partial charge is 0.336 e. The fraction of sp³-hybridized carbons (Fsp3) is 0.368. The van der Waals surface area contributed by atoms with Crippen LogP contribution in [0.15, 0.2) is 42.5 Å². The predicted molar refractivity (Wildman–Crippen MR) is 101 cm³/mol. The molecule has 3 atom stereocenters. The van der Waals surface area contributed by atoms with Crippen LogP contribution in [0.2, 0.25) is 0 Å². The van der Waals surface area contributed by atoms with Crippen LogP contribution in [0.1, 0.15) is 43.8 Å². The second-order valence-corrected chi connectivity index (χ2v) is 8.26. The molecule has 2 aromatic carbocycles. The average molecular weight is 394 g/mol. The van der Waals surface area contributed by atoms with E-state index in [1.54, 1.807) is 12.1 Å². The molecule has 0 saturated heterocycles. The lowest BCUT2D eigenvalue weighted by molar-refractivity contribution is -0.146. The molecule has 3 unspecified atom stereocenters. The van der Waals surface area contributed by atoms with Crippen LogP contribution in [0.4, 0.5) is 0 Å². The molecule has 0 radical (unpaired) electrons. The van der Waals surface area contributed by atoms with Gasteiger partial charge in [-0.3, -0.25) is 13.9 Å². The van der Waals surface area contributed by atoms with Crippen LogP contribution in [0.5, 0.6) is 0 Å². The van der Waals surface area contributed by atoms with E-state index in [4.69, 9.17) is 9.63 Å². The summed E-state index contributed by atoms with van der Waals surface area (Å²) < 4.78 is 18.1. The first-order valence-electron chi connectivity index (χ1n) is 8.69. The molecule has 0 heterocycles. The molecule has 0 aliphatic carbocycles. The lowest BCUT2D eigenvalue weighted by Gasteiger charge is -2.26. The summed E-state index contributed by atoms with van der Waals surface area (Å²) in [6, 6.07) is 12.8. The predicted octanol–water partition coefficient (Wildman–Crippen LogP) is 4.20. The Balaban J connectivity index is 2.39. The van der Waals surface area contributed by atoms with Gasteiger partial charge in [-0.25, -0.2) is 4.79 Å². The molecule has 0 aromatic heterocycles. The van der Waals surface area contributed by atoms with E-state index in [0.717, 1.165) is 10.8 Å². The summed E-state index contributed by atoms with van der Waals surface area (Å²) in [5.41, 5.74) is -0.288. The molecule has 0 aliphatic rings. The quantitative estimate of drug-likeness (QED) is 0.516. The van der Waals surface area contributed by atoms with Crippen molar-refractivity contribution >= 4 is 30.3 Å². The summed E-state index contributed by atoms with van der Waals surface area (Å²) in [5.74, 6) is -2.66. The van der Waals surface area contributed by atoms with Gasteiger partial charge in [0.15, 0.2) is 6.10 Å². The highest BCUT2D eigenvalue weighted by Gasteiger charge is 2.38. The first-order chi connectivity index (χ1) is 12.8. The van der Waals surface area contributed by atoms with Gasteiger partial charge in [0.25, 0.3) is 0 Å². The first kappa shape index (κ1) is 21.1. The standard InChI is InChI=1S/C19H23O7P/c1-2-6-17(15-10-5-8-13-7-3-4-9-14(13)15)27(24,25)26-16(19(22)23)11-12-18(20)21/h3-5,7-10,16-17H,2,6,11-12H2,1H3,(H,20,21)(H,22,23)(H,24,25). The number of carboxylic acid groups (broad SMARTS) is 2. The maximum absolute atomic E-state index is 13.0. The van der Waals surface area contributed by atoms with Crippen LogP contribution in [-0.4, -0.2) is 33.1 Å². The summed E-state index contributed by atoms with van der Waals surface area (Å²) in [6.45, 7) is 1.86. The van der Waals surface area contributed by atoms with Gasteiger partial charge in [0.05, 0.1) is 5.66 Å². The van der Waals surface area contributed by atoms with Crippen molar-refractivity contribution in [3.63, 3.8) is 0 Å². The highest BCUT2D eigenvalue weighted by Crippen LogP contribution is 2.60. The van der Waals surface area contributed by atoms with Crippen molar-refractivity contribution in [2.24, 2.45) is 0 Å². The van der Waals surface area contributed by atoms with Gasteiger partial charge in [0, 0.05) is 6.42 Å². The zero-order valence-electron chi connectivity index (χ0n) is 14.9. The van der Waals surface area contributed by atoms with Crippen LogP contribution < -0.4 is 0 Å². The van der Waals surface area contributed by atoms with E-state index in [2.05, 4.69) is 0 Å². The molecule has 0 bridgehead atoms. The molecular formula is C19H23O7P. The molecule has 8 heteroatoms. The summed E-state index contributed by atoms with van der Waals surface area (Å²) in [6.07, 6.45) is -1.60. The average Bonchev–Trinajstić information content (AvgIpc) is 2.62. The summed E-state index contributed by atoms with van der Waals surface area (Å²) in [7, 11) is -4.39. The number of rotatable bonds is 10. The zero-order valence-corrected chi connectivity index (χ0v) is 15.8. The Hall–Kier alpha value is -2.21. The van der Waals surface area contributed by atoms with Gasteiger partial charge in [-0.15, -0.1) is 0 Å². The van der Waals surface area contributed by atoms with Crippen molar-refractivity contribution < 1.29 is 33.8 Å². The number of hydrogen-bond acceptors (Lipinski definition) is 4. The Morgan fingerprint density at radius 2 is 1.74 bits per heavy atom. The van der Waals surface area contributed by atoms with Gasteiger partial charge in [-0.05, 0) is 29.2 Å². The largest absolute Gasteiger partial charge is 0.481 e. The molecular weight excluding hydrogens is 371 g/mol. The van der Waals surface area contributed by atoms with Crippen molar-refractivity contribution in [1.29, 1.82) is 0 Å². The topological polar surface area (TPSA) is 121 Å². The van der Waals surface area contributed by atoms with E-state index < -0.39 is 37.7 Å². The Labute approximate surface area is 157 Å². The van der Waals surface area contributed by atoms with Gasteiger partial charge in [0.2, 0.25) is 0 Å². The lowest BCUT2D eigenvalue weighted by Crippen LogP contribution is -2.25. The third-order valence-corrected chi connectivity index (χ3v) is 6.19. The van der Waals surface area contributed by atoms with E-state index in [-0.39, 0.29) is 6.42 Å². The van der Waals surface area contributed by atoms with E-state index in [1.165, 1.54) is 0 Å². The van der Waals surface area contributed by atoms with Gasteiger partial charge in [0.1, 0.15) is 0 Å². The molecule has 0 amide bonds. The number of fused-ring (bicyclic) bond motifs is 1. The Bertz CT molecular complexity index is 859. The number of hydrogen-bond donors (Lipinski definition) is 3. The van der Waals surface area contributed by atoms with Crippen molar-refractivity contribution in [2.45, 2.75) is 44.4 Å². The summed E-state index contributed by atoms with van der Waals surface area (Å²) >= 11 is 0. The molecule has 27 heavy (non-hydrogen) atoms. The first-order valence-corrected chi connectivity index (χ1v) is 10.3. The highest BCUT2D eigenvalue weighted by atomic mass is 31.2. The van der Waals surface area contributed by atoms with E-state index >= 15 is 0 Å². The summed E-state index contributed by atoms with van der Waals surface area (Å²) in [4.78, 5) is 32.7. The molecule has 146 valence electrons. The molecule has 7 nitrogen and oxygen atoms in total. The third-order valence-electron chi connectivity index (χ3n) is 4.31. The molecule has 2 rings (SSSR count). The van der Waals surface area contributed by atoms with Crippen molar-refractivity contribution in [3.8, 4) is 0 Å². The Kier molecular flexibility index (Phi) is 7.13. The van der Waals surface area contributed by atoms with Gasteiger partial charge in [-0.1, -0.05) is 55.8 Å². The van der Waals surface area contributed by atoms with Gasteiger partial charge < -0.3 is 15.1 Å². The van der Waals surface area contributed by atoms with Crippen LogP contribution in [0, 0.1) is 0 Å². The minimum atomic E-state index is -4.39. The molecule has 0 fully saturated rings. The minimum absolute atomic E-state index is 0.326. The van der Waals surface area contributed by atoms with E-state index in [9.17, 15) is 24.2 Å². The van der Waals surface area contributed by atoms with Gasteiger partial charge in [-0.2, -0.15) is 0 Å². The number of carbonyl (C=O) groups is 2. The lowest BCUT2D eigenvalue weighted by atomic mass is 10.00. The van der Waals surface area contributed by atoms with Crippen LogP contribution in [0.3, 0.4) is 0 Å². The van der Waals surface area contributed by atoms with Crippen molar-refractivity contribution in [3.05, 3.63) is 48.0 Å². The molecule has 0 spiro atoms. The molecule has 3 N–H and O–H groups in total. The SMILES string of the molecule is CCCC(c1cccc2ccccc12)P(=O)(O)OC(CCC(=O)O)C(=O)O. The van der Waals surface area contributed by atoms with Gasteiger partial charge >= 0.3 is 19.5 Å². The fourth-order valence-corrected chi connectivity index (χ4v) is 4.91. The summed E-state index contributed by atoms with van der Waals surface area (Å²) in [5, 5.41) is 19.7. The number of aliphatic carboxylic acids is 2. The minimum Gasteiger partial charge on any atom is -0.481 e. The zero-order chi connectivity index (χ0) is 20.0. The molecule has 0 saturated carbocycles. The normalized spacial score (nSPS) is 15.8. The second kappa shape index (κ2) is 9.13. The number of benzene rings is 2. The highest BCUT2D eigenvalue weighted by molar-refractivity contribution is 7.53. The van der Waals surface area contributed by atoms with Crippen molar-refractivity contribution in [2.75, 3.05) is 0 Å². The monoisotopic (exact) mass is 394 g/mol. The van der Waals surface area contributed by atoms with Crippen LogP contribution in [-0.2, 0) is 18.7 Å². The maximum atomic E-state index is 13.0. The van der Waals surface area contributed by atoms with Crippen LogP contribution >= 0.6 is 7.60 Å². The van der Waals surface area contributed by atoms with E-state index in [1.807, 2.05) is 37.3 Å². The Morgan fingerprint density at radius 1 is 1.07 bits per heavy atom. The Morgan fingerprint density at radius 3 is 2.37 bits per heavy atom. The van der Waals surface area contributed by atoms with Crippen LogP contribution in [0.25, 0.3) is 10.8 Å². The second-order valence-electron chi connectivity index (χ2n) is 6.30. The van der Waals surface area contributed by atoms with Crippen molar-refractivity contribution in [1.82, 2.24) is 0 Å².